The van der Waals surface area contributed by atoms with Gasteiger partial charge in [-0.2, -0.15) is 4.99 Å². The molecule has 0 saturated heterocycles. The van der Waals surface area contributed by atoms with Crippen LogP contribution in [-0.4, -0.2) is 6.08 Å². The van der Waals surface area contributed by atoms with Crippen molar-refractivity contribution in [2.75, 3.05) is 0 Å². The Hall–Kier alpha value is -1.47. The van der Waals surface area contributed by atoms with E-state index in [1.54, 1.807) is 12.1 Å². The fourth-order valence-electron chi connectivity index (χ4n) is 1.84. The molecule has 1 aliphatic carbocycles. The van der Waals surface area contributed by atoms with E-state index in [2.05, 4.69) is 4.99 Å². The van der Waals surface area contributed by atoms with Gasteiger partial charge in [0.1, 0.15) is 5.82 Å². The summed E-state index contributed by atoms with van der Waals surface area (Å²) in [5, 5.41) is 0. The van der Waals surface area contributed by atoms with Crippen molar-refractivity contribution in [3.8, 4) is 0 Å². The van der Waals surface area contributed by atoms with E-state index < -0.39 is 5.54 Å². The second kappa shape index (κ2) is 3.35. The maximum absolute atomic E-state index is 13.0. The molecule has 1 aliphatic rings. The van der Waals surface area contributed by atoms with Gasteiger partial charge in [0.25, 0.3) is 0 Å². The van der Waals surface area contributed by atoms with E-state index in [0.29, 0.717) is 0 Å². The van der Waals surface area contributed by atoms with Crippen molar-refractivity contribution < 1.29 is 9.18 Å². The summed E-state index contributed by atoms with van der Waals surface area (Å²) in [4.78, 5) is 14.1. The summed E-state index contributed by atoms with van der Waals surface area (Å²) in [5.41, 5.74) is 0.302. The highest BCUT2D eigenvalue weighted by Gasteiger charge is 2.38. The third-order valence-electron chi connectivity index (χ3n) is 2.80. The van der Waals surface area contributed by atoms with Crippen molar-refractivity contribution >= 4 is 6.08 Å². The number of hydrogen-bond acceptors (Lipinski definition) is 2. The average molecular weight is 191 g/mol. The van der Waals surface area contributed by atoms with Gasteiger partial charge in [0.05, 0.1) is 5.54 Å². The largest absolute Gasteiger partial charge is 0.235 e. The molecule has 0 radical (unpaired) electrons. The van der Waals surface area contributed by atoms with Crippen molar-refractivity contribution in [1.82, 2.24) is 0 Å². The smallest absolute Gasteiger partial charge is 0.211 e. The molecule has 0 spiro atoms. The number of benzene rings is 1. The molecule has 0 unspecified atom stereocenters. The van der Waals surface area contributed by atoms with Crippen LogP contribution in [0.15, 0.2) is 29.3 Å². The molecular formula is C11H10FNO. The predicted octanol–water partition coefficient (Wildman–Crippen LogP) is 2.54. The van der Waals surface area contributed by atoms with Crippen LogP contribution < -0.4 is 0 Å². The normalized spacial score (nSPS) is 18.1. The summed E-state index contributed by atoms with van der Waals surface area (Å²) in [6, 6.07) is 6.29. The molecule has 0 bridgehead atoms. The Morgan fingerprint density at radius 2 is 2.21 bits per heavy atom. The first-order valence-corrected chi connectivity index (χ1v) is 4.62. The average Bonchev–Trinajstić information content (AvgIpc) is 2.11. The lowest BCUT2D eigenvalue weighted by molar-refractivity contribution is 0.255. The Kier molecular flexibility index (Phi) is 2.18. The van der Waals surface area contributed by atoms with Gasteiger partial charge >= 0.3 is 0 Å². The molecule has 1 saturated carbocycles. The molecule has 1 fully saturated rings. The highest BCUT2D eigenvalue weighted by Crippen LogP contribution is 2.44. The molecule has 14 heavy (non-hydrogen) atoms. The van der Waals surface area contributed by atoms with Crippen LogP contribution in [0.25, 0.3) is 0 Å². The van der Waals surface area contributed by atoms with E-state index >= 15 is 0 Å². The van der Waals surface area contributed by atoms with E-state index in [4.69, 9.17) is 0 Å². The maximum Gasteiger partial charge on any atom is 0.235 e. The van der Waals surface area contributed by atoms with Crippen LogP contribution in [0.5, 0.6) is 0 Å². The number of rotatable bonds is 2. The number of nitrogens with zero attached hydrogens (tertiary/aromatic N) is 1. The minimum Gasteiger partial charge on any atom is -0.211 e. The van der Waals surface area contributed by atoms with Crippen LogP contribution in [-0.2, 0) is 10.3 Å². The molecule has 2 nitrogen and oxygen atoms in total. The van der Waals surface area contributed by atoms with Crippen molar-refractivity contribution in [1.29, 1.82) is 0 Å². The summed E-state index contributed by atoms with van der Waals surface area (Å²) in [6.07, 6.45) is 4.23. The fourth-order valence-corrected chi connectivity index (χ4v) is 1.84. The lowest BCUT2D eigenvalue weighted by Crippen LogP contribution is -2.31. The Bertz CT molecular complexity index is 392. The Morgan fingerprint density at radius 1 is 1.43 bits per heavy atom. The van der Waals surface area contributed by atoms with E-state index in [-0.39, 0.29) is 5.82 Å². The van der Waals surface area contributed by atoms with Gasteiger partial charge in [0.15, 0.2) is 0 Å². The number of isocyanates is 1. The zero-order valence-corrected chi connectivity index (χ0v) is 7.66. The van der Waals surface area contributed by atoms with Gasteiger partial charge in [0, 0.05) is 0 Å². The molecule has 0 atom stereocenters. The summed E-state index contributed by atoms with van der Waals surface area (Å²) in [7, 11) is 0. The molecule has 0 N–H and O–H groups in total. The van der Waals surface area contributed by atoms with Gasteiger partial charge in [-0.05, 0) is 37.0 Å². The van der Waals surface area contributed by atoms with Crippen molar-refractivity contribution in [2.24, 2.45) is 4.99 Å². The van der Waals surface area contributed by atoms with Crippen molar-refractivity contribution in [2.45, 2.75) is 24.8 Å². The molecular weight excluding hydrogens is 181 g/mol. The minimum atomic E-state index is -0.482. The van der Waals surface area contributed by atoms with E-state index in [0.717, 1.165) is 24.8 Å². The van der Waals surface area contributed by atoms with E-state index in [1.807, 2.05) is 6.07 Å². The molecule has 0 aliphatic heterocycles. The first kappa shape index (κ1) is 9.10. The lowest BCUT2D eigenvalue weighted by atomic mass is 9.72. The Morgan fingerprint density at radius 3 is 2.71 bits per heavy atom. The van der Waals surface area contributed by atoms with Gasteiger partial charge in [-0.1, -0.05) is 12.1 Å². The Balaban J connectivity index is 2.41. The van der Waals surface area contributed by atoms with Crippen LogP contribution in [0.4, 0.5) is 4.39 Å². The summed E-state index contributed by atoms with van der Waals surface area (Å²) >= 11 is 0. The molecule has 2 rings (SSSR count). The van der Waals surface area contributed by atoms with E-state index in [9.17, 15) is 9.18 Å². The number of aliphatic imine (C=N–C) groups is 1. The lowest BCUT2D eigenvalue weighted by Gasteiger charge is -2.37. The van der Waals surface area contributed by atoms with Crippen LogP contribution >= 0.6 is 0 Å². The maximum atomic E-state index is 13.0. The molecule has 1 aromatic rings. The highest BCUT2D eigenvalue weighted by atomic mass is 19.1. The molecule has 72 valence electrons. The molecule has 1 aromatic carbocycles. The van der Waals surface area contributed by atoms with E-state index in [1.165, 1.54) is 12.1 Å². The molecule has 3 heteroatoms. The van der Waals surface area contributed by atoms with Crippen molar-refractivity contribution in [3.63, 3.8) is 0 Å². The standard InChI is InChI=1S/C11H10FNO/c12-10-4-1-3-9(7-10)11(13-8-14)5-2-6-11/h1,3-4,7H,2,5-6H2. The fraction of sp³-hybridized carbons (Fsp3) is 0.364. The first-order valence-electron chi connectivity index (χ1n) is 4.62. The van der Waals surface area contributed by atoms with Crippen molar-refractivity contribution in [3.05, 3.63) is 35.6 Å². The molecule has 0 heterocycles. The van der Waals surface area contributed by atoms with Crippen LogP contribution in [0.1, 0.15) is 24.8 Å². The molecule has 0 amide bonds. The monoisotopic (exact) mass is 191 g/mol. The van der Waals surface area contributed by atoms with Crippen LogP contribution in [0.2, 0.25) is 0 Å². The summed E-state index contributed by atoms with van der Waals surface area (Å²) < 4.78 is 13.0. The quantitative estimate of drug-likeness (QED) is 0.521. The number of halogens is 1. The number of carbonyl (C=O) groups excluding carboxylic acids is 1. The third-order valence-corrected chi connectivity index (χ3v) is 2.80. The van der Waals surface area contributed by atoms with Crippen LogP contribution in [0, 0.1) is 5.82 Å². The van der Waals surface area contributed by atoms with Gasteiger partial charge in [-0.25, -0.2) is 9.18 Å². The van der Waals surface area contributed by atoms with Gasteiger partial charge < -0.3 is 0 Å². The predicted molar refractivity (Wildman–Crippen MR) is 50.1 cm³/mol. The van der Waals surface area contributed by atoms with Crippen LogP contribution in [0.3, 0.4) is 0 Å². The zero-order valence-electron chi connectivity index (χ0n) is 7.66. The first-order chi connectivity index (χ1) is 6.77. The third kappa shape index (κ3) is 1.36. The number of hydrogen-bond donors (Lipinski definition) is 0. The van der Waals surface area contributed by atoms with Gasteiger partial charge in [-0.3, -0.25) is 0 Å². The van der Waals surface area contributed by atoms with Gasteiger partial charge in [-0.15, -0.1) is 0 Å². The SMILES string of the molecule is O=C=NC1(c2cccc(F)c2)CCC1. The Labute approximate surface area is 81.5 Å². The molecule has 0 aromatic heterocycles. The van der Waals surface area contributed by atoms with Gasteiger partial charge in [0.2, 0.25) is 6.08 Å². The summed E-state index contributed by atoms with van der Waals surface area (Å²) in [5.74, 6) is -0.283. The summed E-state index contributed by atoms with van der Waals surface area (Å²) in [6.45, 7) is 0. The highest BCUT2D eigenvalue weighted by molar-refractivity contribution is 5.39. The topological polar surface area (TPSA) is 29.4 Å². The minimum absolute atomic E-state index is 0.283. The second-order valence-electron chi connectivity index (χ2n) is 3.60. The second-order valence-corrected chi connectivity index (χ2v) is 3.60. The zero-order chi connectivity index (χ0) is 10.0.